The molecule has 0 heterocycles. The van der Waals surface area contributed by atoms with Crippen molar-refractivity contribution in [2.24, 2.45) is 5.73 Å². The fraction of sp³-hybridized carbons (Fsp3) is 0.400. The molecule has 1 aromatic rings. The molecular formula is C10H13ClN2O3. The third-order valence-corrected chi connectivity index (χ3v) is 2.80. The van der Waals surface area contributed by atoms with E-state index in [-0.39, 0.29) is 12.2 Å². The lowest BCUT2D eigenvalue weighted by molar-refractivity contribution is -0.386. The van der Waals surface area contributed by atoms with Crippen LogP contribution in [0.1, 0.15) is 12.5 Å². The van der Waals surface area contributed by atoms with Crippen molar-refractivity contribution in [1.29, 1.82) is 0 Å². The Morgan fingerprint density at radius 1 is 1.62 bits per heavy atom. The topological polar surface area (TPSA) is 78.4 Å². The molecule has 0 aliphatic heterocycles. The van der Waals surface area contributed by atoms with Crippen LogP contribution in [0.3, 0.4) is 0 Å². The average molecular weight is 245 g/mol. The Bertz CT molecular complexity index is 405. The van der Waals surface area contributed by atoms with Crippen LogP contribution in [0.15, 0.2) is 18.2 Å². The largest absolute Gasteiger partial charge is 0.372 e. The van der Waals surface area contributed by atoms with Crippen LogP contribution in [0, 0.1) is 10.1 Å². The zero-order valence-corrected chi connectivity index (χ0v) is 9.82. The summed E-state index contributed by atoms with van der Waals surface area (Å²) in [5.41, 5.74) is 5.01. The molecule has 0 bridgehead atoms. The molecule has 6 heteroatoms. The summed E-state index contributed by atoms with van der Waals surface area (Å²) < 4.78 is 5.23. The van der Waals surface area contributed by atoms with Gasteiger partial charge in [-0.05, 0) is 19.1 Å². The van der Waals surface area contributed by atoms with Gasteiger partial charge in [0.2, 0.25) is 0 Å². The first-order valence-electron chi connectivity index (χ1n) is 4.64. The zero-order valence-electron chi connectivity index (χ0n) is 9.07. The van der Waals surface area contributed by atoms with E-state index < -0.39 is 10.5 Å². The van der Waals surface area contributed by atoms with Crippen LogP contribution in [0.5, 0.6) is 0 Å². The number of hydrogen-bond acceptors (Lipinski definition) is 4. The van der Waals surface area contributed by atoms with Gasteiger partial charge < -0.3 is 10.5 Å². The van der Waals surface area contributed by atoms with Crippen molar-refractivity contribution in [2.45, 2.75) is 12.5 Å². The smallest absolute Gasteiger partial charge is 0.275 e. The van der Waals surface area contributed by atoms with Crippen LogP contribution in [-0.2, 0) is 10.3 Å². The van der Waals surface area contributed by atoms with E-state index in [0.29, 0.717) is 10.6 Å². The molecule has 0 fully saturated rings. The van der Waals surface area contributed by atoms with Crippen LogP contribution < -0.4 is 5.73 Å². The first kappa shape index (κ1) is 12.9. The van der Waals surface area contributed by atoms with E-state index in [1.165, 1.54) is 25.3 Å². The fourth-order valence-electron chi connectivity index (χ4n) is 1.39. The number of nitrogens with two attached hydrogens (primary N) is 1. The standard InChI is InChI=1S/C10H13ClN2O3/c1-10(6-12,16-2)8-5-7(11)3-4-9(8)13(14)15/h3-5H,6,12H2,1-2H3. The van der Waals surface area contributed by atoms with Gasteiger partial charge in [-0.1, -0.05) is 11.6 Å². The molecule has 0 saturated carbocycles. The second kappa shape index (κ2) is 4.78. The molecule has 0 radical (unpaired) electrons. The molecule has 0 spiro atoms. The van der Waals surface area contributed by atoms with Gasteiger partial charge in [-0.2, -0.15) is 0 Å². The number of benzene rings is 1. The molecule has 0 aliphatic carbocycles. The summed E-state index contributed by atoms with van der Waals surface area (Å²) >= 11 is 5.82. The monoisotopic (exact) mass is 244 g/mol. The molecule has 0 aliphatic rings. The van der Waals surface area contributed by atoms with E-state index in [4.69, 9.17) is 22.1 Å². The predicted molar refractivity (Wildman–Crippen MR) is 61.5 cm³/mol. The first-order valence-corrected chi connectivity index (χ1v) is 5.02. The van der Waals surface area contributed by atoms with Gasteiger partial charge in [-0.25, -0.2) is 0 Å². The highest BCUT2D eigenvalue weighted by Gasteiger charge is 2.32. The number of hydrogen-bond donors (Lipinski definition) is 1. The van der Waals surface area contributed by atoms with E-state index in [0.717, 1.165) is 0 Å². The zero-order chi connectivity index (χ0) is 12.3. The van der Waals surface area contributed by atoms with Crippen molar-refractivity contribution in [3.8, 4) is 0 Å². The van der Waals surface area contributed by atoms with E-state index in [1.807, 2.05) is 0 Å². The van der Waals surface area contributed by atoms with E-state index in [1.54, 1.807) is 6.92 Å². The van der Waals surface area contributed by atoms with Crippen LogP contribution in [0.4, 0.5) is 5.69 Å². The lowest BCUT2D eigenvalue weighted by Crippen LogP contribution is -2.34. The highest BCUT2D eigenvalue weighted by molar-refractivity contribution is 6.30. The third kappa shape index (κ3) is 2.32. The lowest BCUT2D eigenvalue weighted by atomic mass is 9.94. The van der Waals surface area contributed by atoms with Crippen LogP contribution in [-0.4, -0.2) is 18.6 Å². The van der Waals surface area contributed by atoms with Crippen LogP contribution >= 0.6 is 11.6 Å². The van der Waals surface area contributed by atoms with Gasteiger partial charge in [0.1, 0.15) is 5.60 Å². The quantitative estimate of drug-likeness (QED) is 0.650. The molecule has 0 aromatic heterocycles. The predicted octanol–water partition coefficient (Wildman–Crippen LogP) is 2.07. The van der Waals surface area contributed by atoms with Crippen molar-refractivity contribution in [3.05, 3.63) is 38.9 Å². The highest BCUT2D eigenvalue weighted by atomic mass is 35.5. The summed E-state index contributed by atoms with van der Waals surface area (Å²) in [6, 6.07) is 4.33. The van der Waals surface area contributed by atoms with Crippen LogP contribution in [0.2, 0.25) is 5.02 Å². The Morgan fingerprint density at radius 2 is 2.25 bits per heavy atom. The minimum absolute atomic E-state index is 0.0424. The molecule has 1 rings (SSSR count). The van der Waals surface area contributed by atoms with Gasteiger partial charge >= 0.3 is 0 Å². The maximum absolute atomic E-state index is 10.9. The van der Waals surface area contributed by atoms with Gasteiger partial charge in [-0.3, -0.25) is 10.1 Å². The first-order chi connectivity index (χ1) is 7.44. The molecular weight excluding hydrogens is 232 g/mol. The van der Waals surface area contributed by atoms with Gasteiger partial charge in [0.05, 0.1) is 10.5 Å². The van der Waals surface area contributed by atoms with Gasteiger partial charge in [-0.15, -0.1) is 0 Å². The van der Waals surface area contributed by atoms with Crippen molar-refractivity contribution in [1.82, 2.24) is 0 Å². The summed E-state index contributed by atoms with van der Waals surface area (Å²) in [7, 11) is 1.46. The number of halogens is 1. The summed E-state index contributed by atoms with van der Waals surface area (Å²) in [5, 5.41) is 11.3. The number of methoxy groups -OCH3 is 1. The van der Waals surface area contributed by atoms with Crippen molar-refractivity contribution in [2.75, 3.05) is 13.7 Å². The lowest BCUT2D eigenvalue weighted by Gasteiger charge is -2.26. The normalized spacial score (nSPS) is 14.5. The summed E-state index contributed by atoms with van der Waals surface area (Å²) in [6.07, 6.45) is 0. The van der Waals surface area contributed by atoms with Gasteiger partial charge in [0.15, 0.2) is 0 Å². The molecule has 5 nitrogen and oxygen atoms in total. The molecule has 1 atom stereocenters. The average Bonchev–Trinajstić information content (AvgIpc) is 2.27. The number of ether oxygens (including phenoxy) is 1. The fourth-order valence-corrected chi connectivity index (χ4v) is 1.57. The maximum atomic E-state index is 10.9. The van der Waals surface area contributed by atoms with E-state index in [9.17, 15) is 10.1 Å². The summed E-state index contributed by atoms with van der Waals surface area (Å²) in [6.45, 7) is 1.82. The number of nitrogens with zero attached hydrogens (tertiary/aromatic N) is 1. The van der Waals surface area contributed by atoms with Gasteiger partial charge in [0.25, 0.3) is 5.69 Å². The number of nitro benzene ring substituents is 1. The molecule has 1 aromatic carbocycles. The second-order valence-corrected chi connectivity index (χ2v) is 3.99. The summed E-state index contributed by atoms with van der Waals surface area (Å²) in [5.74, 6) is 0. The minimum atomic E-state index is -0.909. The molecule has 16 heavy (non-hydrogen) atoms. The minimum Gasteiger partial charge on any atom is -0.372 e. The van der Waals surface area contributed by atoms with E-state index in [2.05, 4.69) is 0 Å². The Labute approximate surface area is 98.3 Å². The highest BCUT2D eigenvalue weighted by Crippen LogP contribution is 2.33. The Balaban J connectivity index is 3.40. The van der Waals surface area contributed by atoms with Crippen molar-refractivity contribution >= 4 is 17.3 Å². The summed E-state index contributed by atoms with van der Waals surface area (Å²) in [4.78, 5) is 10.4. The number of rotatable bonds is 4. The SMILES string of the molecule is COC(C)(CN)c1cc(Cl)ccc1[N+](=O)[O-]. The van der Waals surface area contributed by atoms with Crippen molar-refractivity contribution < 1.29 is 9.66 Å². The number of nitro groups is 1. The maximum Gasteiger partial charge on any atom is 0.275 e. The third-order valence-electron chi connectivity index (χ3n) is 2.57. The molecule has 0 saturated heterocycles. The second-order valence-electron chi connectivity index (χ2n) is 3.56. The van der Waals surface area contributed by atoms with Crippen LogP contribution in [0.25, 0.3) is 0 Å². The molecule has 88 valence electrons. The molecule has 1 unspecified atom stereocenters. The molecule has 2 N–H and O–H groups in total. The van der Waals surface area contributed by atoms with Gasteiger partial charge in [0, 0.05) is 24.7 Å². The molecule has 0 amide bonds. The van der Waals surface area contributed by atoms with E-state index >= 15 is 0 Å². The Hall–Kier alpha value is -1.17. The van der Waals surface area contributed by atoms with Crippen molar-refractivity contribution in [3.63, 3.8) is 0 Å². The Kier molecular flexibility index (Phi) is 3.85. The Morgan fingerprint density at radius 3 is 2.69 bits per heavy atom.